The summed E-state index contributed by atoms with van der Waals surface area (Å²) < 4.78 is 10.7. The second-order valence-electron chi connectivity index (χ2n) is 4.15. The number of rotatable bonds is 6. The second-order valence-corrected chi connectivity index (χ2v) is 4.15. The molecule has 0 saturated carbocycles. The predicted octanol–water partition coefficient (Wildman–Crippen LogP) is 1.59. The van der Waals surface area contributed by atoms with Crippen LogP contribution in [-0.2, 0) is 11.2 Å². The van der Waals surface area contributed by atoms with Crippen LogP contribution in [0.25, 0.3) is 0 Å². The molecule has 1 aliphatic heterocycles. The maximum atomic E-state index is 5.49. The SMILES string of the molecule is NCCCCCc1nc(C2CCCO2)no1. The first kappa shape index (κ1) is 11.5. The van der Waals surface area contributed by atoms with Crippen molar-refractivity contribution >= 4 is 0 Å². The number of hydrogen-bond donors (Lipinski definition) is 1. The van der Waals surface area contributed by atoms with Crippen LogP contribution in [0, 0.1) is 0 Å². The number of aromatic nitrogens is 2. The third-order valence-electron chi connectivity index (χ3n) is 2.80. The van der Waals surface area contributed by atoms with Gasteiger partial charge in [0.15, 0.2) is 0 Å². The zero-order valence-corrected chi connectivity index (χ0v) is 9.52. The first-order chi connectivity index (χ1) is 7.90. The normalized spacial score (nSPS) is 20.4. The minimum Gasteiger partial charge on any atom is -0.370 e. The molecule has 0 spiro atoms. The molecule has 2 N–H and O–H groups in total. The van der Waals surface area contributed by atoms with Crippen LogP contribution in [0.15, 0.2) is 4.52 Å². The van der Waals surface area contributed by atoms with Crippen LogP contribution in [0.4, 0.5) is 0 Å². The number of hydrogen-bond acceptors (Lipinski definition) is 5. The molecule has 1 fully saturated rings. The van der Waals surface area contributed by atoms with Gasteiger partial charge in [-0.2, -0.15) is 4.98 Å². The summed E-state index contributed by atoms with van der Waals surface area (Å²) in [6.45, 7) is 1.57. The predicted molar refractivity (Wildman–Crippen MR) is 58.8 cm³/mol. The Morgan fingerprint density at radius 2 is 2.25 bits per heavy atom. The van der Waals surface area contributed by atoms with Crippen molar-refractivity contribution in [2.24, 2.45) is 5.73 Å². The topological polar surface area (TPSA) is 74.2 Å². The van der Waals surface area contributed by atoms with Gasteiger partial charge in [0.05, 0.1) is 0 Å². The fourth-order valence-electron chi connectivity index (χ4n) is 1.88. The van der Waals surface area contributed by atoms with Crippen LogP contribution >= 0.6 is 0 Å². The lowest BCUT2D eigenvalue weighted by Gasteiger charge is -2.00. The largest absolute Gasteiger partial charge is 0.370 e. The van der Waals surface area contributed by atoms with E-state index >= 15 is 0 Å². The van der Waals surface area contributed by atoms with Crippen molar-refractivity contribution in [3.8, 4) is 0 Å². The Kier molecular flexibility index (Phi) is 4.30. The van der Waals surface area contributed by atoms with Crippen LogP contribution in [0.5, 0.6) is 0 Å². The van der Waals surface area contributed by atoms with Crippen molar-refractivity contribution in [1.29, 1.82) is 0 Å². The highest BCUT2D eigenvalue weighted by Gasteiger charge is 2.22. The maximum absolute atomic E-state index is 5.49. The van der Waals surface area contributed by atoms with Crippen LogP contribution in [0.3, 0.4) is 0 Å². The molecule has 0 aliphatic carbocycles. The van der Waals surface area contributed by atoms with Crippen LogP contribution in [0.1, 0.15) is 49.9 Å². The van der Waals surface area contributed by atoms with Gasteiger partial charge < -0.3 is 15.0 Å². The van der Waals surface area contributed by atoms with Crippen molar-refractivity contribution in [1.82, 2.24) is 10.1 Å². The zero-order valence-electron chi connectivity index (χ0n) is 9.52. The van der Waals surface area contributed by atoms with Crippen molar-refractivity contribution in [2.45, 2.75) is 44.6 Å². The Balaban J connectivity index is 1.77. The standard InChI is InChI=1S/C11H19N3O2/c12-7-3-1-2-6-10-13-11(14-16-10)9-5-4-8-15-9/h9H,1-8,12H2. The molecule has 1 aromatic rings. The molecule has 2 heterocycles. The first-order valence-corrected chi connectivity index (χ1v) is 6.04. The summed E-state index contributed by atoms with van der Waals surface area (Å²) in [5.74, 6) is 1.44. The molecule has 2 rings (SSSR count). The van der Waals surface area contributed by atoms with Gasteiger partial charge in [-0.25, -0.2) is 0 Å². The van der Waals surface area contributed by atoms with Gasteiger partial charge in [0, 0.05) is 13.0 Å². The van der Waals surface area contributed by atoms with Gasteiger partial charge in [0.2, 0.25) is 11.7 Å². The lowest BCUT2D eigenvalue weighted by Crippen LogP contribution is -1.99. The van der Waals surface area contributed by atoms with Gasteiger partial charge in [-0.15, -0.1) is 0 Å². The Morgan fingerprint density at radius 3 is 3.00 bits per heavy atom. The minimum atomic E-state index is 0.0570. The molecule has 0 bridgehead atoms. The molecule has 1 unspecified atom stereocenters. The van der Waals surface area contributed by atoms with E-state index in [1.807, 2.05) is 0 Å². The average Bonchev–Trinajstić information content (AvgIpc) is 2.94. The summed E-state index contributed by atoms with van der Waals surface area (Å²) in [5.41, 5.74) is 5.43. The molecule has 0 aromatic carbocycles. The molecule has 90 valence electrons. The van der Waals surface area contributed by atoms with Crippen LogP contribution in [0.2, 0.25) is 0 Å². The van der Waals surface area contributed by atoms with Crippen molar-refractivity contribution in [3.05, 3.63) is 11.7 Å². The lowest BCUT2D eigenvalue weighted by atomic mass is 10.2. The van der Waals surface area contributed by atoms with E-state index in [0.29, 0.717) is 5.82 Å². The van der Waals surface area contributed by atoms with E-state index in [2.05, 4.69) is 10.1 Å². The van der Waals surface area contributed by atoms with Crippen molar-refractivity contribution < 1.29 is 9.26 Å². The van der Waals surface area contributed by atoms with E-state index in [-0.39, 0.29) is 6.10 Å². The van der Waals surface area contributed by atoms with E-state index < -0.39 is 0 Å². The minimum absolute atomic E-state index is 0.0570. The van der Waals surface area contributed by atoms with E-state index in [4.69, 9.17) is 15.0 Å². The summed E-state index contributed by atoms with van der Waals surface area (Å²) in [7, 11) is 0. The van der Waals surface area contributed by atoms with Crippen LogP contribution in [-0.4, -0.2) is 23.3 Å². The number of nitrogens with two attached hydrogens (primary N) is 1. The quantitative estimate of drug-likeness (QED) is 0.744. The molecule has 1 saturated heterocycles. The molecule has 5 nitrogen and oxygen atoms in total. The first-order valence-electron chi connectivity index (χ1n) is 6.04. The number of aryl methyl sites for hydroxylation is 1. The van der Waals surface area contributed by atoms with Gasteiger partial charge >= 0.3 is 0 Å². The molecule has 0 radical (unpaired) electrons. The summed E-state index contributed by atoms with van der Waals surface area (Å²) in [6.07, 6.45) is 6.24. The molecule has 1 aromatic heterocycles. The number of nitrogens with zero attached hydrogens (tertiary/aromatic N) is 2. The Hall–Kier alpha value is -0.940. The van der Waals surface area contributed by atoms with E-state index in [1.165, 1.54) is 0 Å². The highest BCUT2D eigenvalue weighted by molar-refractivity contribution is 4.93. The molecular formula is C11H19N3O2. The molecule has 16 heavy (non-hydrogen) atoms. The van der Waals surface area contributed by atoms with E-state index in [1.54, 1.807) is 0 Å². The maximum Gasteiger partial charge on any atom is 0.226 e. The van der Waals surface area contributed by atoms with Gasteiger partial charge in [0.1, 0.15) is 6.10 Å². The molecule has 1 atom stereocenters. The Morgan fingerprint density at radius 1 is 1.31 bits per heavy atom. The zero-order chi connectivity index (χ0) is 11.2. The molecule has 5 heteroatoms. The molecule has 1 aliphatic rings. The van der Waals surface area contributed by atoms with E-state index in [0.717, 1.165) is 57.6 Å². The smallest absolute Gasteiger partial charge is 0.226 e. The number of ether oxygens (including phenoxy) is 1. The van der Waals surface area contributed by atoms with Gasteiger partial charge in [0.25, 0.3) is 0 Å². The van der Waals surface area contributed by atoms with Gasteiger partial charge in [-0.3, -0.25) is 0 Å². The lowest BCUT2D eigenvalue weighted by molar-refractivity contribution is 0.103. The van der Waals surface area contributed by atoms with Crippen molar-refractivity contribution in [2.75, 3.05) is 13.2 Å². The highest BCUT2D eigenvalue weighted by atomic mass is 16.5. The molecular weight excluding hydrogens is 206 g/mol. The third kappa shape index (κ3) is 3.02. The average molecular weight is 225 g/mol. The Labute approximate surface area is 95.3 Å². The molecule has 0 amide bonds. The summed E-state index contributed by atoms with van der Waals surface area (Å²) in [6, 6.07) is 0. The fourth-order valence-corrected chi connectivity index (χ4v) is 1.88. The third-order valence-corrected chi connectivity index (χ3v) is 2.80. The van der Waals surface area contributed by atoms with Crippen LogP contribution < -0.4 is 5.73 Å². The van der Waals surface area contributed by atoms with Gasteiger partial charge in [-0.1, -0.05) is 11.6 Å². The summed E-state index contributed by atoms with van der Waals surface area (Å²) in [4.78, 5) is 4.36. The number of unbranched alkanes of at least 4 members (excludes halogenated alkanes) is 2. The monoisotopic (exact) mass is 225 g/mol. The summed E-state index contributed by atoms with van der Waals surface area (Å²) >= 11 is 0. The van der Waals surface area contributed by atoms with Gasteiger partial charge in [-0.05, 0) is 32.2 Å². The summed E-state index contributed by atoms with van der Waals surface area (Å²) in [5, 5.41) is 3.96. The van der Waals surface area contributed by atoms with Crippen molar-refractivity contribution in [3.63, 3.8) is 0 Å². The highest BCUT2D eigenvalue weighted by Crippen LogP contribution is 2.26. The second kappa shape index (κ2) is 5.96. The Bertz CT molecular complexity index is 308. The van der Waals surface area contributed by atoms with E-state index in [9.17, 15) is 0 Å². The fraction of sp³-hybridized carbons (Fsp3) is 0.818.